The van der Waals surface area contributed by atoms with Crippen LogP contribution in [0.15, 0.2) is 60.9 Å². The Kier molecular flexibility index (Phi) is 14.9. The monoisotopic (exact) mass is 983 g/mol. The van der Waals surface area contributed by atoms with Gasteiger partial charge in [-0.05, 0) is 101 Å². The van der Waals surface area contributed by atoms with Crippen LogP contribution >= 0.6 is 0 Å². The number of nitrogens with zero attached hydrogens (tertiary/aromatic N) is 6. The molecule has 0 radical (unpaired) electrons. The van der Waals surface area contributed by atoms with E-state index in [4.69, 9.17) is 5.21 Å². The smallest absolute Gasteiger partial charge is 0.201 e. The van der Waals surface area contributed by atoms with Crippen molar-refractivity contribution in [3.63, 3.8) is 0 Å². The van der Waals surface area contributed by atoms with Crippen LogP contribution in [0.3, 0.4) is 0 Å². The normalized spacial score (nSPS) is 13.4. The van der Waals surface area contributed by atoms with Crippen LogP contribution in [-0.4, -0.2) is 30.0 Å². The summed E-state index contributed by atoms with van der Waals surface area (Å²) in [6, 6.07) is 16.3. The summed E-state index contributed by atoms with van der Waals surface area (Å²) in [6.07, 6.45) is 3.73. The Labute approximate surface area is 433 Å². The molecule has 2 N–H and O–H groups in total. The van der Waals surface area contributed by atoms with Gasteiger partial charge in [0.1, 0.15) is 25.5 Å². The topological polar surface area (TPSA) is 130 Å². The number of phenols is 2. The maximum Gasteiger partial charge on any atom is 0.201 e. The molecule has 2 heterocycles. The lowest BCUT2D eigenvalue weighted by atomic mass is 9.78. The van der Waals surface area contributed by atoms with E-state index in [1.807, 2.05) is 50.8 Å². The highest BCUT2D eigenvalue weighted by molar-refractivity contribution is 5.72. The number of phenolic OH excluding ortho intramolecular Hbond substituents is 2. The first-order valence-electron chi connectivity index (χ1n) is 25.7. The highest BCUT2D eigenvalue weighted by Gasteiger charge is 2.33. The molecule has 0 fully saturated rings. The first-order valence-corrected chi connectivity index (χ1v) is 25.7. The minimum Gasteiger partial charge on any atom is -0.872 e. The number of aryl methyl sites for hydroxylation is 2. The minimum absolute atomic E-state index is 0.00631. The van der Waals surface area contributed by atoms with Crippen molar-refractivity contribution in [2.45, 2.75) is 209 Å². The van der Waals surface area contributed by atoms with Crippen LogP contribution in [0.5, 0.6) is 23.0 Å². The van der Waals surface area contributed by atoms with E-state index in [0.717, 1.165) is 55.8 Å². The zero-order valence-electron chi connectivity index (χ0n) is 49.2. The van der Waals surface area contributed by atoms with Crippen molar-refractivity contribution < 1.29 is 29.8 Å². The van der Waals surface area contributed by atoms with Crippen LogP contribution in [0.1, 0.15) is 211 Å². The molecule has 10 nitrogen and oxygen atoms in total. The van der Waals surface area contributed by atoms with Crippen molar-refractivity contribution in [3.05, 3.63) is 105 Å². The van der Waals surface area contributed by atoms with E-state index in [0.29, 0.717) is 22.6 Å². The molecule has 6 rings (SSSR count). The van der Waals surface area contributed by atoms with Crippen LogP contribution in [0.25, 0.3) is 33.9 Å². The van der Waals surface area contributed by atoms with Gasteiger partial charge in [0.25, 0.3) is 0 Å². The van der Waals surface area contributed by atoms with Crippen molar-refractivity contribution in [1.29, 1.82) is 0 Å². The number of benzene rings is 4. The summed E-state index contributed by atoms with van der Waals surface area (Å²) in [5, 5.41) is 59.6. The van der Waals surface area contributed by atoms with Crippen LogP contribution in [0.4, 0.5) is 0 Å². The van der Waals surface area contributed by atoms with Gasteiger partial charge in [0.15, 0.2) is 29.5 Å². The van der Waals surface area contributed by atoms with Crippen LogP contribution in [-0.2, 0) is 57.4 Å². The molecule has 0 spiro atoms. The summed E-state index contributed by atoms with van der Waals surface area (Å²) >= 11 is 0. The second kappa shape index (κ2) is 18.7. The maximum absolute atomic E-state index is 13.7. The molecule has 0 bridgehead atoms. The van der Waals surface area contributed by atoms with Crippen molar-refractivity contribution in [2.24, 2.45) is 14.1 Å². The van der Waals surface area contributed by atoms with Gasteiger partial charge in [0, 0.05) is 16.7 Å². The number of hydrogen-bond donors (Lipinski definition) is 2. The van der Waals surface area contributed by atoms with Gasteiger partial charge in [-0.2, -0.15) is 0 Å². The molecule has 0 amide bonds. The van der Waals surface area contributed by atoms with E-state index in [2.05, 4.69) is 196 Å². The third kappa shape index (κ3) is 12.1. The minimum atomic E-state index is -0.309. The van der Waals surface area contributed by atoms with Crippen LogP contribution in [0.2, 0.25) is 0 Å². The van der Waals surface area contributed by atoms with Crippen LogP contribution in [0, 0.1) is 0 Å². The summed E-state index contributed by atoms with van der Waals surface area (Å²) in [6.45, 7) is 51.0. The largest absolute Gasteiger partial charge is 0.872 e. The Morgan fingerprint density at radius 3 is 1.03 bits per heavy atom. The molecule has 10 heteroatoms. The van der Waals surface area contributed by atoms with E-state index in [1.165, 1.54) is 0 Å². The summed E-state index contributed by atoms with van der Waals surface area (Å²) in [7, 11) is 3.70. The molecule has 0 unspecified atom stereocenters. The van der Waals surface area contributed by atoms with Gasteiger partial charge in [-0.1, -0.05) is 207 Å². The first-order chi connectivity index (χ1) is 32.2. The Hall–Kier alpha value is -5.64. The highest BCUT2D eigenvalue weighted by atomic mass is 16.3. The van der Waals surface area contributed by atoms with Gasteiger partial charge in [-0.3, -0.25) is 0 Å². The zero-order chi connectivity index (χ0) is 55.2. The van der Waals surface area contributed by atoms with Crippen LogP contribution < -0.4 is 19.6 Å². The first kappa shape index (κ1) is 57.3. The molecule has 0 saturated heterocycles. The summed E-state index contributed by atoms with van der Waals surface area (Å²) in [5.74, 6) is 0.472. The molecule has 6 aromatic rings. The van der Waals surface area contributed by atoms with Crippen molar-refractivity contribution in [3.8, 4) is 56.9 Å². The second-order valence-electron chi connectivity index (χ2n) is 28.5. The number of aromatic nitrogens is 6. The predicted octanol–water partition coefficient (Wildman–Crippen LogP) is 12.7. The fourth-order valence-corrected chi connectivity index (χ4v) is 8.78. The maximum atomic E-state index is 13.7. The van der Waals surface area contributed by atoms with Crippen molar-refractivity contribution in [1.82, 2.24) is 19.8 Å². The summed E-state index contributed by atoms with van der Waals surface area (Å²) in [4.78, 5) is 0. The molecule has 0 aliphatic heterocycles. The lowest BCUT2D eigenvalue weighted by molar-refractivity contribution is -0.664. The van der Waals surface area contributed by atoms with Gasteiger partial charge >= 0.3 is 0 Å². The third-order valence-electron chi connectivity index (χ3n) is 13.7. The van der Waals surface area contributed by atoms with Crippen molar-refractivity contribution >= 4 is 0 Å². The molecule has 392 valence electrons. The second-order valence-corrected chi connectivity index (χ2v) is 28.5. The Morgan fingerprint density at radius 1 is 0.361 bits per heavy atom. The molecule has 0 aliphatic carbocycles. The van der Waals surface area contributed by atoms with Gasteiger partial charge in [-0.25, -0.2) is 0 Å². The zero-order valence-corrected chi connectivity index (χ0v) is 49.2. The van der Waals surface area contributed by atoms with Gasteiger partial charge < -0.3 is 20.4 Å². The van der Waals surface area contributed by atoms with E-state index in [-0.39, 0.29) is 66.3 Å². The Morgan fingerprint density at radius 2 is 0.653 bits per heavy atom. The Bertz CT molecular complexity index is 2780. The average molecular weight is 983 g/mol. The SMILES string of the molecule is Cn1n[n+](-c2cc(C(C)(C)C)cc(C(C)(C)C)c2O)cc1-c1cc(C(C)(C)C)cc(C(C)(C)C)c1O.Cn1n[n+](-c2cc(C(C)(C)C)cc(C(C)(C)C)c2[O-])cc1-c1cc(C(C)(C)C)cc(C(C)(C)C)c1[O-]. The van der Waals surface area contributed by atoms with E-state index in [1.54, 1.807) is 18.7 Å². The van der Waals surface area contributed by atoms with Gasteiger partial charge in [0.05, 0.1) is 16.0 Å². The number of hydrogen-bond acceptors (Lipinski definition) is 6. The Balaban J connectivity index is 0.000000267. The molecule has 4 aromatic carbocycles. The van der Waals surface area contributed by atoms with Gasteiger partial charge in [0.2, 0.25) is 5.69 Å². The lowest BCUT2D eigenvalue weighted by Gasteiger charge is -2.31. The standard InChI is InChI=1S/2C31H45N3O2/c2*1-28(2,3)19-14-21(26(35)22(15-19)30(7,8)9)25-18-34(32-33(25)13)24-17-20(29(4,5)6)16-23(27(24)36)31(10,11)12/h2*14-18H,1-13H3,(H-,32,35,36). The molecule has 0 atom stereocenters. The summed E-state index contributed by atoms with van der Waals surface area (Å²) < 4.78 is 6.85. The van der Waals surface area contributed by atoms with E-state index in [9.17, 15) is 20.4 Å². The van der Waals surface area contributed by atoms with Gasteiger partial charge in [-0.15, -0.1) is 14.0 Å². The van der Waals surface area contributed by atoms with E-state index < -0.39 is 0 Å². The third-order valence-corrected chi connectivity index (χ3v) is 13.7. The molecule has 0 aliphatic rings. The number of aromatic hydroxyl groups is 2. The quantitative estimate of drug-likeness (QED) is 0.169. The fraction of sp³-hybridized carbons (Fsp3) is 0.548. The summed E-state index contributed by atoms with van der Waals surface area (Å²) in [5.41, 5.74) is 10.3. The predicted molar refractivity (Wildman–Crippen MR) is 292 cm³/mol. The fourth-order valence-electron chi connectivity index (χ4n) is 8.78. The average Bonchev–Trinajstić information content (AvgIpc) is 3.76. The molecular formula is C62H90N6O4. The molecule has 2 aromatic heterocycles. The van der Waals surface area contributed by atoms with Crippen molar-refractivity contribution in [2.75, 3.05) is 0 Å². The van der Waals surface area contributed by atoms with E-state index >= 15 is 0 Å². The highest BCUT2D eigenvalue weighted by Crippen LogP contribution is 2.44. The molecular weight excluding hydrogens is 893 g/mol. The molecule has 72 heavy (non-hydrogen) atoms. The molecule has 0 saturated carbocycles. The number of rotatable bonds is 4. The lowest BCUT2D eigenvalue weighted by Crippen LogP contribution is -2.36.